The van der Waals surface area contributed by atoms with Gasteiger partial charge in [-0.2, -0.15) is 13.2 Å². The molecule has 3 fully saturated rings. The molecule has 0 saturated carbocycles. The van der Waals surface area contributed by atoms with Crippen molar-refractivity contribution in [1.29, 1.82) is 0 Å². The highest BCUT2D eigenvalue weighted by molar-refractivity contribution is 6.25. The summed E-state index contributed by atoms with van der Waals surface area (Å²) >= 11 is 0. The molecule has 10 rings (SSSR count). The first-order valence-electron chi connectivity index (χ1n) is 24.3. The van der Waals surface area contributed by atoms with Crippen LogP contribution in [0.5, 0.6) is 0 Å². The van der Waals surface area contributed by atoms with E-state index >= 15 is 0 Å². The van der Waals surface area contributed by atoms with Crippen LogP contribution in [0.15, 0.2) is 96.3 Å². The van der Waals surface area contributed by atoms with Gasteiger partial charge in [0.05, 0.1) is 80.2 Å². The van der Waals surface area contributed by atoms with Crippen LogP contribution in [0.25, 0.3) is 11.2 Å². The van der Waals surface area contributed by atoms with E-state index in [2.05, 4.69) is 25.7 Å². The predicted molar refractivity (Wildman–Crippen MR) is 257 cm³/mol. The van der Waals surface area contributed by atoms with E-state index in [1.165, 1.54) is 17.0 Å². The molecular formula is C52H54F3N9O9. The molecule has 18 nitrogen and oxygen atoms in total. The summed E-state index contributed by atoms with van der Waals surface area (Å²) < 4.78 is 71.5. The Bertz CT molecular complexity index is 3100. The van der Waals surface area contributed by atoms with Crippen LogP contribution in [0.3, 0.4) is 0 Å². The number of alkyl halides is 3. The summed E-state index contributed by atoms with van der Waals surface area (Å²) in [4.78, 5) is 67.4. The van der Waals surface area contributed by atoms with E-state index in [4.69, 9.17) is 18.9 Å². The molecule has 0 radical (unpaired) electrons. The van der Waals surface area contributed by atoms with E-state index in [1.807, 2.05) is 48.0 Å². The number of nitrogens with zero attached hydrogens (tertiary/aromatic N) is 7. The normalized spacial score (nSPS) is 18.4. The second-order valence-electron chi connectivity index (χ2n) is 19.0. The summed E-state index contributed by atoms with van der Waals surface area (Å²) in [7, 11) is 1.86. The first-order valence-corrected chi connectivity index (χ1v) is 24.3. The SMILES string of the molecule is Cn1cnnc1CC1(c2cccc(-n3cc4c(C(F)(F)F)cc(CN5CCC(OCCOCc6ccc(COCCNc7cccc8c7C(=O)N(C7CCC(=O)NC7=O)C8=O)cc6)CC5)cn4c3=O)c2)COC1. The van der Waals surface area contributed by atoms with Crippen molar-refractivity contribution in [2.24, 2.45) is 7.05 Å². The number of anilines is 1. The number of nitrogens with one attached hydrogen (secondary N) is 2. The molecule has 0 aliphatic carbocycles. The highest BCUT2D eigenvalue weighted by atomic mass is 19.4. The molecular weight excluding hydrogens is 952 g/mol. The monoisotopic (exact) mass is 1010 g/mol. The fourth-order valence-electron chi connectivity index (χ4n) is 10.0. The van der Waals surface area contributed by atoms with Gasteiger partial charge in [0.15, 0.2) is 0 Å². The molecule has 4 aliphatic heterocycles. The van der Waals surface area contributed by atoms with Crippen molar-refractivity contribution < 1.29 is 51.3 Å². The number of amides is 4. The number of halogens is 3. The largest absolute Gasteiger partial charge is 0.418 e. The number of aryl methyl sites for hydroxylation is 1. The van der Waals surface area contributed by atoms with Crippen molar-refractivity contribution in [3.8, 4) is 5.69 Å². The minimum Gasteiger partial charge on any atom is -0.382 e. The maximum atomic E-state index is 14.6. The number of fused-ring (bicyclic) bond motifs is 2. The number of hydrogen-bond donors (Lipinski definition) is 2. The summed E-state index contributed by atoms with van der Waals surface area (Å²) in [5, 5.41) is 13.6. The Labute approximate surface area is 417 Å². The maximum absolute atomic E-state index is 14.6. The molecule has 7 heterocycles. The molecule has 4 aliphatic rings. The summed E-state index contributed by atoms with van der Waals surface area (Å²) in [6.45, 7) is 4.53. The Morgan fingerprint density at radius 1 is 0.849 bits per heavy atom. The zero-order valence-corrected chi connectivity index (χ0v) is 40.1. The highest BCUT2D eigenvalue weighted by Gasteiger charge is 2.46. The number of hydrogen-bond acceptors (Lipinski definition) is 13. The third-order valence-corrected chi connectivity index (χ3v) is 14.0. The van der Waals surface area contributed by atoms with Gasteiger partial charge in [0.1, 0.15) is 18.2 Å². The van der Waals surface area contributed by atoms with E-state index < -0.39 is 52.5 Å². The van der Waals surface area contributed by atoms with Crippen LogP contribution in [-0.2, 0) is 73.4 Å². The first-order chi connectivity index (χ1) is 35.2. The minimum absolute atomic E-state index is 0.0171. The Balaban J connectivity index is 0.651. The summed E-state index contributed by atoms with van der Waals surface area (Å²) in [5.74, 6) is -1.46. The van der Waals surface area contributed by atoms with Crippen molar-refractivity contribution in [3.63, 3.8) is 0 Å². The van der Waals surface area contributed by atoms with Gasteiger partial charge in [-0.3, -0.25) is 43.3 Å². The van der Waals surface area contributed by atoms with Crippen LogP contribution in [-0.4, -0.2) is 122 Å². The van der Waals surface area contributed by atoms with Gasteiger partial charge in [0, 0.05) is 69.6 Å². The lowest BCUT2D eigenvalue weighted by atomic mass is 9.75. The quantitative estimate of drug-likeness (QED) is 0.0817. The fraction of sp³-hybridized carbons (Fsp3) is 0.404. The van der Waals surface area contributed by atoms with Crippen LogP contribution in [0, 0.1) is 0 Å². The molecule has 1 atom stereocenters. The third kappa shape index (κ3) is 10.5. The number of carbonyl (C=O) groups excluding carboxylic acids is 4. The third-order valence-electron chi connectivity index (χ3n) is 14.0. The van der Waals surface area contributed by atoms with Crippen LogP contribution >= 0.6 is 0 Å². The number of pyridine rings is 1. The summed E-state index contributed by atoms with van der Waals surface area (Å²) in [5.41, 5.74) is 2.44. The van der Waals surface area contributed by atoms with E-state index in [9.17, 15) is 37.1 Å². The number of imide groups is 2. The van der Waals surface area contributed by atoms with Gasteiger partial charge in [-0.1, -0.05) is 42.5 Å². The topological polar surface area (TPSA) is 193 Å². The minimum atomic E-state index is -4.69. The van der Waals surface area contributed by atoms with Crippen molar-refractivity contribution in [2.75, 3.05) is 58.0 Å². The van der Waals surface area contributed by atoms with Gasteiger partial charge in [-0.15, -0.1) is 10.2 Å². The lowest BCUT2D eigenvalue weighted by Gasteiger charge is -2.41. The Morgan fingerprint density at radius 3 is 2.27 bits per heavy atom. The average Bonchev–Trinajstić information content (AvgIpc) is 4.01. The lowest BCUT2D eigenvalue weighted by molar-refractivity contribution is -0.137. The van der Waals surface area contributed by atoms with E-state index in [-0.39, 0.29) is 42.1 Å². The van der Waals surface area contributed by atoms with Crippen LogP contribution < -0.4 is 16.3 Å². The number of likely N-dealkylation sites (tertiary alicyclic amines) is 1. The predicted octanol–water partition coefficient (Wildman–Crippen LogP) is 4.98. The molecule has 4 amide bonds. The zero-order chi connectivity index (χ0) is 50.9. The number of rotatable bonds is 19. The molecule has 0 bridgehead atoms. The van der Waals surface area contributed by atoms with E-state index in [0.717, 1.165) is 37.9 Å². The Kier molecular flexibility index (Phi) is 14.1. The molecule has 1 unspecified atom stereocenters. The second-order valence-corrected chi connectivity index (χ2v) is 19.0. The van der Waals surface area contributed by atoms with E-state index in [1.54, 1.807) is 36.7 Å². The molecule has 3 saturated heterocycles. The average molecular weight is 1010 g/mol. The summed E-state index contributed by atoms with van der Waals surface area (Å²) in [6, 6.07) is 20.1. The van der Waals surface area contributed by atoms with Crippen molar-refractivity contribution in [3.05, 3.63) is 147 Å². The fourth-order valence-corrected chi connectivity index (χ4v) is 10.0. The molecule has 0 spiro atoms. The Hall–Kier alpha value is -7.04. The molecule has 3 aromatic carbocycles. The van der Waals surface area contributed by atoms with Gasteiger partial charge in [0.2, 0.25) is 11.8 Å². The number of aromatic nitrogens is 5. The van der Waals surface area contributed by atoms with Gasteiger partial charge >= 0.3 is 11.9 Å². The molecule has 21 heteroatoms. The molecule has 6 aromatic rings. The smallest absolute Gasteiger partial charge is 0.382 e. The number of piperidine rings is 2. The van der Waals surface area contributed by atoms with Gasteiger partial charge in [-0.05, 0) is 71.8 Å². The summed E-state index contributed by atoms with van der Waals surface area (Å²) in [6.07, 6.45) is 1.78. The van der Waals surface area contributed by atoms with Crippen LogP contribution in [0.2, 0.25) is 0 Å². The van der Waals surface area contributed by atoms with E-state index in [0.29, 0.717) is 102 Å². The Morgan fingerprint density at radius 2 is 1.59 bits per heavy atom. The van der Waals surface area contributed by atoms with Crippen molar-refractivity contribution in [1.82, 2.24) is 38.8 Å². The second kappa shape index (κ2) is 20.8. The van der Waals surface area contributed by atoms with Crippen molar-refractivity contribution in [2.45, 2.75) is 75.6 Å². The number of benzene rings is 3. The molecule has 73 heavy (non-hydrogen) atoms. The maximum Gasteiger partial charge on any atom is 0.418 e. The van der Waals surface area contributed by atoms with Gasteiger partial charge in [-0.25, -0.2) is 4.79 Å². The van der Waals surface area contributed by atoms with Crippen molar-refractivity contribution >= 4 is 34.8 Å². The molecule has 382 valence electrons. The number of ether oxygens (including phenoxy) is 4. The first kappa shape index (κ1) is 49.5. The van der Waals surface area contributed by atoms with Gasteiger partial charge < -0.3 is 28.8 Å². The number of imidazole rings is 1. The zero-order valence-electron chi connectivity index (χ0n) is 40.1. The van der Waals surface area contributed by atoms with Crippen LogP contribution in [0.1, 0.15) is 80.0 Å². The number of carbonyl (C=O) groups is 4. The van der Waals surface area contributed by atoms with Crippen LogP contribution in [0.4, 0.5) is 18.9 Å². The molecule has 3 aromatic heterocycles. The van der Waals surface area contributed by atoms with Gasteiger partial charge in [0.25, 0.3) is 11.8 Å². The standard InChI is InChI=1S/C52H54F3N9O9/c1-60-32-57-59-44(60)24-51(30-72-31-51)36-4-2-5-37(23-36)62-27-43-40(52(53,54)55)22-35(26-63(43)50(62)69)25-61-17-14-38(15-18-61)73-21-20-71-29-34-10-8-33(9-11-34)28-70-19-16-56-41-7-3-6-39-46(41)49(68)64(48(39)67)42-12-13-45(65)58-47(42)66/h2-11,22-23,26-27,32,38,42,56H,12-21,24-25,28-31H2,1H3,(H,58,65,66). The molecule has 2 N–H and O–H groups in total. The highest BCUT2D eigenvalue weighted by Crippen LogP contribution is 2.38. The lowest BCUT2D eigenvalue weighted by Crippen LogP contribution is -2.54.